The molecule has 5 heteroatoms. The topological polar surface area (TPSA) is 64.1 Å². The molecule has 5 nitrogen and oxygen atoms in total. The summed E-state index contributed by atoms with van der Waals surface area (Å²) in [6.45, 7) is 2.41. The van der Waals surface area contributed by atoms with Crippen LogP contribution in [0, 0.1) is 0 Å². The van der Waals surface area contributed by atoms with Crippen LogP contribution in [0.2, 0.25) is 0 Å². The highest BCUT2D eigenvalue weighted by atomic mass is 16.5. The highest BCUT2D eigenvalue weighted by Crippen LogP contribution is 2.06. The maximum Gasteiger partial charge on any atom is 0.233 e. The van der Waals surface area contributed by atoms with Gasteiger partial charge >= 0.3 is 0 Å². The Balaban J connectivity index is 2.64. The second kappa shape index (κ2) is 4.27. The Morgan fingerprint density at radius 1 is 1.58 bits per heavy atom. The summed E-state index contributed by atoms with van der Waals surface area (Å²) in [7, 11) is 0. The number of carbonyl (C=O) groups excluding carboxylic acids is 1. The zero-order chi connectivity index (χ0) is 8.81. The minimum atomic E-state index is 0.411. The van der Waals surface area contributed by atoms with E-state index in [1.165, 1.54) is 0 Å². The molecule has 0 unspecified atom stereocenters. The van der Waals surface area contributed by atoms with E-state index in [1.807, 2.05) is 6.92 Å². The first-order valence-electron chi connectivity index (χ1n) is 3.53. The second-order valence-electron chi connectivity index (χ2n) is 1.95. The summed E-state index contributed by atoms with van der Waals surface area (Å²) in [6.07, 6.45) is 0.546. The Kier molecular flexibility index (Phi) is 3.01. The Bertz CT molecular complexity index is 247. The lowest BCUT2D eigenvalue weighted by molar-refractivity contribution is -0.105. The van der Waals surface area contributed by atoms with Gasteiger partial charge in [0.1, 0.15) is 0 Å². The van der Waals surface area contributed by atoms with E-state index in [9.17, 15) is 4.79 Å². The van der Waals surface area contributed by atoms with Crippen LogP contribution in [0.4, 0.5) is 5.82 Å². The van der Waals surface area contributed by atoms with E-state index in [4.69, 9.17) is 4.74 Å². The summed E-state index contributed by atoms with van der Waals surface area (Å²) < 4.78 is 5.05. The van der Waals surface area contributed by atoms with Crippen LogP contribution in [0.3, 0.4) is 0 Å². The van der Waals surface area contributed by atoms with Crippen LogP contribution in [0.25, 0.3) is 0 Å². The maximum absolute atomic E-state index is 9.97. The van der Waals surface area contributed by atoms with Gasteiger partial charge in [-0.15, -0.1) is 10.2 Å². The first-order chi connectivity index (χ1) is 5.86. The molecule has 1 heterocycles. The number of rotatable bonds is 4. The smallest absolute Gasteiger partial charge is 0.233 e. The fourth-order valence-corrected chi connectivity index (χ4v) is 0.682. The first kappa shape index (κ1) is 8.45. The van der Waals surface area contributed by atoms with Gasteiger partial charge in [-0.2, -0.15) is 0 Å². The molecule has 12 heavy (non-hydrogen) atoms. The average molecular weight is 167 g/mol. The molecule has 0 radical (unpaired) electrons. The maximum atomic E-state index is 9.97. The van der Waals surface area contributed by atoms with Gasteiger partial charge in [-0.1, -0.05) is 0 Å². The van der Waals surface area contributed by atoms with Gasteiger partial charge in [0.25, 0.3) is 0 Å². The van der Waals surface area contributed by atoms with Crippen molar-refractivity contribution in [3.8, 4) is 5.88 Å². The van der Waals surface area contributed by atoms with Gasteiger partial charge in [0, 0.05) is 6.07 Å². The number of nitrogens with one attached hydrogen (secondary N) is 1. The van der Waals surface area contributed by atoms with Gasteiger partial charge in [-0.05, 0) is 13.0 Å². The Morgan fingerprint density at radius 3 is 2.92 bits per heavy atom. The van der Waals surface area contributed by atoms with Gasteiger partial charge in [-0.3, -0.25) is 4.79 Å². The largest absolute Gasteiger partial charge is 0.477 e. The predicted octanol–water partition coefficient (Wildman–Crippen LogP) is 0.444. The number of carbonyl (C=O) groups is 1. The fraction of sp³-hybridized carbons (Fsp3) is 0.286. The van der Waals surface area contributed by atoms with Crippen LogP contribution in [0.1, 0.15) is 6.92 Å². The van der Waals surface area contributed by atoms with Crippen LogP contribution in [0.15, 0.2) is 12.1 Å². The van der Waals surface area contributed by atoms with E-state index in [0.29, 0.717) is 24.7 Å². The molecule has 64 valence electrons. The van der Waals surface area contributed by atoms with Crippen molar-refractivity contribution < 1.29 is 9.53 Å². The summed E-state index contributed by atoms with van der Waals surface area (Å²) in [6, 6.07) is 3.26. The Labute approximate surface area is 69.8 Å². The predicted molar refractivity (Wildman–Crippen MR) is 42.9 cm³/mol. The van der Waals surface area contributed by atoms with E-state index >= 15 is 0 Å². The van der Waals surface area contributed by atoms with Gasteiger partial charge in [0.05, 0.1) is 6.61 Å². The first-order valence-corrected chi connectivity index (χ1v) is 3.53. The molecule has 0 saturated carbocycles. The molecular weight excluding hydrogens is 158 g/mol. The molecule has 1 rings (SSSR count). The molecule has 1 N–H and O–H groups in total. The number of ether oxygens (including phenoxy) is 1. The molecule has 0 aliphatic rings. The molecule has 0 spiro atoms. The quantitative estimate of drug-likeness (QED) is 0.661. The minimum Gasteiger partial charge on any atom is -0.477 e. The summed E-state index contributed by atoms with van der Waals surface area (Å²) in [4.78, 5) is 9.97. The monoisotopic (exact) mass is 167 g/mol. The van der Waals surface area contributed by atoms with Crippen LogP contribution in [0.5, 0.6) is 5.88 Å². The molecule has 0 fully saturated rings. The zero-order valence-electron chi connectivity index (χ0n) is 6.65. The normalized spacial score (nSPS) is 9.08. The van der Waals surface area contributed by atoms with Crippen molar-refractivity contribution in [3.63, 3.8) is 0 Å². The van der Waals surface area contributed by atoms with Gasteiger partial charge in [0.2, 0.25) is 12.3 Å². The number of anilines is 1. The standard InChI is InChI=1S/C7H9N3O2/c1-2-12-7-4-3-6(8-5-11)9-10-7/h3-5H,2H2,1H3,(H,8,9,11). The van der Waals surface area contributed by atoms with E-state index in [-0.39, 0.29) is 0 Å². The average Bonchev–Trinajstić information content (AvgIpc) is 2.09. The number of hydrogen-bond acceptors (Lipinski definition) is 4. The molecule has 1 amide bonds. The molecular formula is C7H9N3O2. The Hall–Kier alpha value is -1.65. The molecule has 0 bridgehead atoms. The lowest BCUT2D eigenvalue weighted by atomic mass is 10.5. The van der Waals surface area contributed by atoms with Crippen LogP contribution in [-0.4, -0.2) is 23.2 Å². The molecule has 0 atom stereocenters. The molecule has 0 aromatic carbocycles. The molecule has 0 aliphatic carbocycles. The third-order valence-electron chi connectivity index (χ3n) is 1.14. The molecule has 0 saturated heterocycles. The van der Waals surface area contributed by atoms with Crippen LogP contribution in [-0.2, 0) is 4.79 Å². The summed E-state index contributed by atoms with van der Waals surface area (Å²) in [5.74, 6) is 0.863. The van der Waals surface area contributed by atoms with Gasteiger partial charge < -0.3 is 10.1 Å². The molecule has 1 aromatic rings. The van der Waals surface area contributed by atoms with E-state index in [0.717, 1.165) is 0 Å². The summed E-state index contributed by atoms with van der Waals surface area (Å²) >= 11 is 0. The van der Waals surface area contributed by atoms with Crippen LogP contribution >= 0.6 is 0 Å². The van der Waals surface area contributed by atoms with E-state index < -0.39 is 0 Å². The van der Waals surface area contributed by atoms with Crippen LogP contribution < -0.4 is 10.1 Å². The minimum absolute atomic E-state index is 0.411. The van der Waals surface area contributed by atoms with Crippen molar-refractivity contribution >= 4 is 12.2 Å². The number of hydrogen-bond donors (Lipinski definition) is 1. The van der Waals surface area contributed by atoms with E-state index in [1.54, 1.807) is 12.1 Å². The van der Waals surface area contributed by atoms with E-state index in [2.05, 4.69) is 15.5 Å². The number of aromatic nitrogens is 2. The third-order valence-corrected chi connectivity index (χ3v) is 1.14. The SMILES string of the molecule is CCOc1ccc(NC=O)nn1. The fourth-order valence-electron chi connectivity index (χ4n) is 0.682. The van der Waals surface area contributed by atoms with Crippen molar-refractivity contribution in [3.05, 3.63) is 12.1 Å². The van der Waals surface area contributed by atoms with Crippen molar-refractivity contribution in [2.75, 3.05) is 11.9 Å². The lowest BCUT2D eigenvalue weighted by Crippen LogP contribution is -2.00. The number of amides is 1. The third kappa shape index (κ3) is 2.19. The highest BCUT2D eigenvalue weighted by Gasteiger charge is 1.95. The molecule has 1 aromatic heterocycles. The number of nitrogens with zero attached hydrogens (tertiary/aromatic N) is 2. The zero-order valence-corrected chi connectivity index (χ0v) is 6.65. The van der Waals surface area contributed by atoms with Gasteiger partial charge in [-0.25, -0.2) is 0 Å². The molecule has 0 aliphatic heterocycles. The summed E-state index contributed by atoms with van der Waals surface area (Å²) in [5, 5.41) is 9.73. The van der Waals surface area contributed by atoms with Crippen molar-refractivity contribution in [1.82, 2.24) is 10.2 Å². The Morgan fingerprint density at radius 2 is 2.42 bits per heavy atom. The lowest BCUT2D eigenvalue weighted by Gasteiger charge is -2.00. The summed E-state index contributed by atoms with van der Waals surface area (Å²) in [5.41, 5.74) is 0. The van der Waals surface area contributed by atoms with Crippen molar-refractivity contribution in [1.29, 1.82) is 0 Å². The van der Waals surface area contributed by atoms with Crippen molar-refractivity contribution in [2.45, 2.75) is 6.92 Å². The van der Waals surface area contributed by atoms with Crippen molar-refractivity contribution in [2.24, 2.45) is 0 Å². The van der Waals surface area contributed by atoms with Gasteiger partial charge in [0.15, 0.2) is 5.82 Å². The highest BCUT2D eigenvalue weighted by molar-refractivity contribution is 5.68. The second-order valence-corrected chi connectivity index (χ2v) is 1.95.